The lowest BCUT2D eigenvalue weighted by molar-refractivity contribution is 0.211. The highest BCUT2D eigenvalue weighted by Crippen LogP contribution is 2.26. The van der Waals surface area contributed by atoms with Crippen LogP contribution in [0.25, 0.3) is 0 Å². The lowest BCUT2D eigenvalue weighted by Gasteiger charge is -2.14. The molecule has 0 radical (unpaired) electrons. The molecule has 3 aromatic rings. The van der Waals surface area contributed by atoms with E-state index in [1.165, 1.54) is 16.7 Å². The third kappa shape index (κ3) is 4.23. The number of aryl methyl sites for hydroxylation is 2. The van der Waals surface area contributed by atoms with Crippen molar-refractivity contribution in [2.24, 2.45) is 7.05 Å². The van der Waals surface area contributed by atoms with Gasteiger partial charge in [-0.05, 0) is 49.6 Å². The Morgan fingerprint density at radius 2 is 1.88 bits per heavy atom. The summed E-state index contributed by atoms with van der Waals surface area (Å²) in [5.41, 5.74) is 3.80. The molecule has 0 aliphatic carbocycles. The number of hydrogen-bond acceptors (Lipinski definition) is 4. The number of thioether (sulfide) groups is 1. The molecule has 0 spiro atoms. The lowest BCUT2D eigenvalue weighted by atomic mass is 10.1. The molecule has 130 valence electrons. The molecular formula is C20H23N3OS. The number of rotatable bonds is 6. The van der Waals surface area contributed by atoms with Crippen LogP contribution in [0.2, 0.25) is 0 Å². The highest BCUT2D eigenvalue weighted by atomic mass is 32.2. The van der Waals surface area contributed by atoms with Gasteiger partial charge >= 0.3 is 0 Å². The Bertz CT molecular complexity index is 860. The van der Waals surface area contributed by atoms with Crippen LogP contribution in [0.4, 0.5) is 0 Å². The predicted octanol–water partition coefficient (Wildman–Crippen LogP) is 4.86. The first kappa shape index (κ1) is 17.5. The highest BCUT2D eigenvalue weighted by Gasteiger charge is 2.17. The molecule has 0 amide bonds. The topological polar surface area (TPSA) is 39.9 Å². The molecule has 1 atom stereocenters. The molecule has 2 aromatic carbocycles. The van der Waals surface area contributed by atoms with E-state index in [4.69, 9.17) is 4.74 Å². The van der Waals surface area contributed by atoms with Gasteiger partial charge in [-0.1, -0.05) is 48.2 Å². The average Bonchev–Trinajstić information content (AvgIpc) is 2.95. The molecule has 4 nitrogen and oxygen atoms in total. The van der Waals surface area contributed by atoms with E-state index in [0.717, 1.165) is 22.5 Å². The van der Waals surface area contributed by atoms with Crippen LogP contribution in [0.5, 0.6) is 5.75 Å². The maximum atomic E-state index is 6.02. The van der Waals surface area contributed by atoms with Gasteiger partial charge in [0.05, 0.1) is 0 Å². The number of nitrogens with zero attached hydrogens (tertiary/aromatic N) is 3. The Kier molecular flexibility index (Phi) is 5.43. The number of ether oxygens (including phenoxy) is 1. The maximum Gasteiger partial charge on any atom is 0.191 e. The van der Waals surface area contributed by atoms with Gasteiger partial charge in [-0.25, -0.2) is 0 Å². The summed E-state index contributed by atoms with van der Waals surface area (Å²) in [7, 11) is 1.99. The number of aromatic nitrogens is 3. The van der Waals surface area contributed by atoms with Crippen molar-refractivity contribution in [1.82, 2.24) is 14.8 Å². The zero-order chi connectivity index (χ0) is 17.8. The molecule has 0 aliphatic rings. The van der Waals surface area contributed by atoms with Crippen LogP contribution < -0.4 is 4.74 Å². The molecule has 0 N–H and O–H groups in total. The fourth-order valence-corrected chi connectivity index (χ4v) is 3.66. The molecule has 25 heavy (non-hydrogen) atoms. The second-order valence-corrected chi connectivity index (χ2v) is 7.13. The van der Waals surface area contributed by atoms with Crippen molar-refractivity contribution in [3.63, 3.8) is 0 Å². The average molecular weight is 353 g/mol. The van der Waals surface area contributed by atoms with E-state index in [-0.39, 0.29) is 6.10 Å². The summed E-state index contributed by atoms with van der Waals surface area (Å²) in [6.07, 6.45) is -0.160. The first-order valence-corrected chi connectivity index (χ1v) is 9.33. The van der Waals surface area contributed by atoms with E-state index in [9.17, 15) is 0 Å². The first-order valence-electron chi connectivity index (χ1n) is 8.34. The molecule has 5 heteroatoms. The molecule has 1 heterocycles. The standard InChI is InChI=1S/C20H23N3OS/c1-14-8-7-11-18(12-14)24-16(3)19-21-22-20(23(19)4)25-13-17-10-6-5-9-15(17)2/h5-12,16H,13H2,1-4H3/t16-/m0/s1. The van der Waals surface area contributed by atoms with Gasteiger partial charge in [0.15, 0.2) is 17.1 Å². The summed E-state index contributed by atoms with van der Waals surface area (Å²) in [4.78, 5) is 0. The van der Waals surface area contributed by atoms with E-state index in [0.29, 0.717) is 0 Å². The molecule has 0 aliphatic heterocycles. The van der Waals surface area contributed by atoms with Crippen LogP contribution in [0.1, 0.15) is 35.5 Å². The largest absolute Gasteiger partial charge is 0.483 e. The van der Waals surface area contributed by atoms with Crippen LogP contribution in [0.15, 0.2) is 53.7 Å². The molecule has 0 fully saturated rings. The Balaban J connectivity index is 1.69. The summed E-state index contributed by atoms with van der Waals surface area (Å²) in [6.45, 7) is 6.19. The van der Waals surface area contributed by atoms with E-state index >= 15 is 0 Å². The van der Waals surface area contributed by atoms with Gasteiger partial charge in [0.1, 0.15) is 5.75 Å². The SMILES string of the molecule is Cc1cccc(O[C@@H](C)c2nnc(SCc3ccccc3C)n2C)c1. The predicted molar refractivity (Wildman–Crippen MR) is 102 cm³/mol. The zero-order valence-corrected chi connectivity index (χ0v) is 15.9. The summed E-state index contributed by atoms with van der Waals surface area (Å²) in [5, 5.41) is 9.57. The van der Waals surface area contributed by atoms with Crippen molar-refractivity contribution < 1.29 is 4.74 Å². The van der Waals surface area contributed by atoms with Crippen LogP contribution in [0.3, 0.4) is 0 Å². The lowest BCUT2D eigenvalue weighted by Crippen LogP contribution is -2.10. The number of benzene rings is 2. The Labute approximate surface area is 153 Å². The van der Waals surface area contributed by atoms with E-state index < -0.39 is 0 Å². The van der Waals surface area contributed by atoms with Crippen LogP contribution >= 0.6 is 11.8 Å². The van der Waals surface area contributed by atoms with Gasteiger partial charge in [-0.3, -0.25) is 0 Å². The van der Waals surface area contributed by atoms with E-state index in [1.54, 1.807) is 11.8 Å². The Hall–Kier alpha value is -2.27. The van der Waals surface area contributed by atoms with Gasteiger partial charge in [0, 0.05) is 12.8 Å². The molecule has 1 aromatic heterocycles. The number of hydrogen-bond donors (Lipinski definition) is 0. The molecule has 3 rings (SSSR count). The van der Waals surface area contributed by atoms with Crippen LogP contribution in [-0.2, 0) is 12.8 Å². The van der Waals surface area contributed by atoms with Gasteiger partial charge < -0.3 is 9.30 Å². The summed E-state index contributed by atoms with van der Waals surface area (Å²) < 4.78 is 8.04. The zero-order valence-electron chi connectivity index (χ0n) is 15.1. The third-order valence-electron chi connectivity index (χ3n) is 4.15. The second kappa shape index (κ2) is 7.74. The fraction of sp³-hybridized carbons (Fsp3) is 0.300. The Morgan fingerprint density at radius 1 is 1.08 bits per heavy atom. The minimum absolute atomic E-state index is 0.160. The minimum atomic E-state index is -0.160. The molecule has 0 saturated heterocycles. The highest BCUT2D eigenvalue weighted by molar-refractivity contribution is 7.98. The molecule has 0 saturated carbocycles. The quantitative estimate of drug-likeness (QED) is 0.593. The fourth-order valence-electron chi connectivity index (χ4n) is 2.67. The van der Waals surface area contributed by atoms with Crippen molar-refractivity contribution in [2.75, 3.05) is 0 Å². The van der Waals surface area contributed by atoms with Crippen molar-refractivity contribution in [1.29, 1.82) is 0 Å². The minimum Gasteiger partial charge on any atom is -0.483 e. The monoisotopic (exact) mass is 353 g/mol. The smallest absolute Gasteiger partial charge is 0.191 e. The summed E-state index contributed by atoms with van der Waals surface area (Å²) >= 11 is 1.70. The van der Waals surface area contributed by atoms with Crippen molar-refractivity contribution in [2.45, 2.75) is 37.8 Å². The van der Waals surface area contributed by atoms with Crippen molar-refractivity contribution >= 4 is 11.8 Å². The first-order chi connectivity index (χ1) is 12.0. The maximum absolute atomic E-state index is 6.02. The van der Waals surface area contributed by atoms with E-state index in [2.05, 4.69) is 54.4 Å². The normalized spacial score (nSPS) is 12.2. The Morgan fingerprint density at radius 3 is 2.64 bits per heavy atom. The van der Waals surface area contributed by atoms with Gasteiger partial charge in [0.25, 0.3) is 0 Å². The molecule has 0 unspecified atom stereocenters. The van der Waals surface area contributed by atoms with Crippen LogP contribution in [-0.4, -0.2) is 14.8 Å². The van der Waals surface area contributed by atoms with Crippen molar-refractivity contribution in [3.05, 3.63) is 71.0 Å². The van der Waals surface area contributed by atoms with Gasteiger partial charge in [-0.2, -0.15) is 0 Å². The summed E-state index contributed by atoms with van der Waals surface area (Å²) in [5.74, 6) is 2.56. The molecule has 0 bridgehead atoms. The van der Waals surface area contributed by atoms with E-state index in [1.807, 2.05) is 36.7 Å². The van der Waals surface area contributed by atoms with Gasteiger partial charge in [-0.15, -0.1) is 10.2 Å². The van der Waals surface area contributed by atoms with Crippen LogP contribution in [0, 0.1) is 13.8 Å². The molecular weight excluding hydrogens is 330 g/mol. The third-order valence-corrected chi connectivity index (χ3v) is 5.22. The van der Waals surface area contributed by atoms with Gasteiger partial charge in [0.2, 0.25) is 0 Å². The second-order valence-electron chi connectivity index (χ2n) is 6.19. The summed E-state index contributed by atoms with van der Waals surface area (Å²) in [6, 6.07) is 16.5. The van der Waals surface area contributed by atoms with Crippen molar-refractivity contribution in [3.8, 4) is 5.75 Å².